The summed E-state index contributed by atoms with van der Waals surface area (Å²) in [6.07, 6.45) is 8.35. The zero-order chi connectivity index (χ0) is 20.8. The molecule has 0 saturated carbocycles. The number of terminal acetylenes is 2. The topological polar surface area (TPSA) is 46.2 Å². The van der Waals surface area contributed by atoms with Gasteiger partial charge in [0.1, 0.15) is 43.7 Å². The lowest BCUT2D eigenvalue weighted by molar-refractivity contribution is -0.337. The molecule has 2 fully saturated rings. The van der Waals surface area contributed by atoms with Gasteiger partial charge in [-0.25, -0.2) is 0 Å². The highest BCUT2D eigenvalue weighted by atomic mass is 16.7. The van der Waals surface area contributed by atoms with Crippen LogP contribution < -0.4 is 0 Å². The van der Waals surface area contributed by atoms with Crippen LogP contribution in [0.4, 0.5) is 0 Å². The van der Waals surface area contributed by atoms with E-state index in [4.69, 9.17) is 36.5 Å². The summed E-state index contributed by atoms with van der Waals surface area (Å²) in [5.74, 6) is 5.07. The Hall–Kier alpha value is -2.64. The normalized spacial score (nSPS) is 30.6. The first-order valence-electron chi connectivity index (χ1n) is 9.94. The molecular weight excluding hydrogens is 380 g/mol. The van der Waals surface area contributed by atoms with Crippen molar-refractivity contribution in [1.82, 2.24) is 0 Å². The van der Waals surface area contributed by atoms with E-state index in [0.29, 0.717) is 6.61 Å². The molecular formula is C25H24O5. The number of rotatable bonds is 6. The molecule has 2 aliphatic heterocycles. The van der Waals surface area contributed by atoms with Crippen LogP contribution in [-0.2, 0) is 23.7 Å². The highest BCUT2D eigenvalue weighted by Crippen LogP contribution is 2.41. The van der Waals surface area contributed by atoms with Crippen LogP contribution in [0.5, 0.6) is 0 Å². The van der Waals surface area contributed by atoms with E-state index in [1.165, 1.54) is 0 Å². The van der Waals surface area contributed by atoms with Crippen LogP contribution in [0.1, 0.15) is 23.5 Å². The summed E-state index contributed by atoms with van der Waals surface area (Å²) in [6.45, 7) is 0.625. The minimum atomic E-state index is -0.519. The third kappa shape index (κ3) is 4.42. The van der Waals surface area contributed by atoms with Crippen LogP contribution in [0, 0.1) is 24.7 Å². The highest BCUT2D eigenvalue weighted by molar-refractivity contribution is 5.22. The van der Waals surface area contributed by atoms with Crippen LogP contribution in [0.25, 0.3) is 0 Å². The Labute approximate surface area is 177 Å². The van der Waals surface area contributed by atoms with Gasteiger partial charge in [-0.2, -0.15) is 0 Å². The Bertz CT molecular complexity index is 885. The number of hydrogen-bond acceptors (Lipinski definition) is 5. The van der Waals surface area contributed by atoms with Gasteiger partial charge in [-0.05, 0) is 5.56 Å². The van der Waals surface area contributed by atoms with Crippen LogP contribution in [-0.4, -0.2) is 44.2 Å². The van der Waals surface area contributed by atoms with Crippen LogP contribution in [0.2, 0.25) is 0 Å². The second-order valence-electron chi connectivity index (χ2n) is 7.14. The van der Waals surface area contributed by atoms with E-state index in [1.54, 1.807) is 0 Å². The predicted octanol–water partition coefficient (Wildman–Crippen LogP) is 3.28. The fraction of sp³-hybridized carbons (Fsp3) is 0.360. The van der Waals surface area contributed by atoms with E-state index in [9.17, 15) is 0 Å². The summed E-state index contributed by atoms with van der Waals surface area (Å²) in [5, 5.41) is 0. The Morgan fingerprint density at radius 1 is 0.800 bits per heavy atom. The van der Waals surface area contributed by atoms with Gasteiger partial charge in [-0.1, -0.05) is 72.5 Å². The minimum Gasteiger partial charge on any atom is -0.362 e. The predicted molar refractivity (Wildman–Crippen MR) is 111 cm³/mol. The quantitative estimate of drug-likeness (QED) is 0.692. The molecule has 0 amide bonds. The van der Waals surface area contributed by atoms with Gasteiger partial charge in [0, 0.05) is 5.56 Å². The van der Waals surface area contributed by atoms with Crippen molar-refractivity contribution in [1.29, 1.82) is 0 Å². The van der Waals surface area contributed by atoms with Gasteiger partial charge in [0.15, 0.2) is 6.29 Å². The standard InChI is InChI=1S/C25H24O5/c1-3-15-26-23-21(18-11-7-5-8-12-18)29-20-17-28-25(19-13-9-6-10-14-19)30-22(20)24(23)27-16-4-2/h1-2,5-14,20-25H,15-17H2/t20-,21+,22-,23+,24+,25-/m1/s1. The first-order valence-corrected chi connectivity index (χ1v) is 9.94. The first kappa shape index (κ1) is 20.6. The van der Waals surface area contributed by atoms with Gasteiger partial charge in [0.25, 0.3) is 0 Å². The molecule has 2 saturated heterocycles. The Morgan fingerprint density at radius 2 is 1.40 bits per heavy atom. The van der Waals surface area contributed by atoms with E-state index in [2.05, 4.69) is 11.8 Å². The lowest BCUT2D eigenvalue weighted by atomic mass is 9.90. The van der Waals surface area contributed by atoms with E-state index in [-0.39, 0.29) is 25.4 Å². The highest BCUT2D eigenvalue weighted by Gasteiger charge is 2.51. The number of fused-ring (bicyclic) bond motifs is 1. The van der Waals surface area contributed by atoms with Gasteiger partial charge in [-0.3, -0.25) is 0 Å². The zero-order valence-corrected chi connectivity index (χ0v) is 16.6. The summed E-state index contributed by atoms with van der Waals surface area (Å²) in [6, 6.07) is 19.6. The van der Waals surface area contributed by atoms with Crippen molar-refractivity contribution in [3.05, 3.63) is 71.8 Å². The smallest absolute Gasteiger partial charge is 0.184 e. The molecule has 0 radical (unpaired) electrons. The Balaban J connectivity index is 1.64. The molecule has 5 heteroatoms. The van der Waals surface area contributed by atoms with Gasteiger partial charge in [-0.15, -0.1) is 12.8 Å². The van der Waals surface area contributed by atoms with E-state index < -0.39 is 24.6 Å². The molecule has 2 heterocycles. The molecule has 0 bridgehead atoms. The van der Waals surface area contributed by atoms with Crippen molar-refractivity contribution in [3.8, 4) is 24.7 Å². The third-order valence-corrected chi connectivity index (χ3v) is 5.24. The molecule has 4 rings (SSSR count). The van der Waals surface area contributed by atoms with Crippen molar-refractivity contribution in [2.24, 2.45) is 0 Å². The molecule has 0 aromatic heterocycles. The minimum absolute atomic E-state index is 0.128. The largest absolute Gasteiger partial charge is 0.362 e. The summed E-state index contributed by atoms with van der Waals surface area (Å²) >= 11 is 0. The number of ether oxygens (including phenoxy) is 5. The number of hydrogen-bond donors (Lipinski definition) is 0. The summed E-state index contributed by atoms with van der Waals surface area (Å²) in [4.78, 5) is 0. The average Bonchev–Trinajstić information content (AvgIpc) is 2.82. The van der Waals surface area contributed by atoms with Gasteiger partial charge in [0.2, 0.25) is 0 Å². The fourth-order valence-corrected chi connectivity index (χ4v) is 3.93. The molecule has 6 atom stereocenters. The Kier molecular flexibility index (Phi) is 6.81. The molecule has 5 nitrogen and oxygen atoms in total. The molecule has 154 valence electrons. The molecule has 30 heavy (non-hydrogen) atoms. The maximum absolute atomic E-state index is 6.41. The van der Waals surface area contributed by atoms with Crippen LogP contribution in [0.15, 0.2) is 60.7 Å². The first-order chi connectivity index (χ1) is 14.8. The van der Waals surface area contributed by atoms with Crippen molar-refractivity contribution >= 4 is 0 Å². The summed E-state index contributed by atoms with van der Waals surface area (Å²) in [7, 11) is 0. The Morgan fingerprint density at radius 3 is 2.03 bits per heavy atom. The lowest BCUT2D eigenvalue weighted by Crippen LogP contribution is -2.60. The molecule has 2 aromatic carbocycles. The maximum atomic E-state index is 6.41. The molecule has 0 spiro atoms. The maximum Gasteiger partial charge on any atom is 0.184 e. The number of benzene rings is 2. The van der Waals surface area contributed by atoms with Crippen molar-refractivity contribution in [2.45, 2.75) is 36.8 Å². The van der Waals surface area contributed by atoms with Crippen LogP contribution in [0.3, 0.4) is 0 Å². The van der Waals surface area contributed by atoms with Crippen LogP contribution >= 0.6 is 0 Å². The fourth-order valence-electron chi connectivity index (χ4n) is 3.93. The molecule has 0 aliphatic carbocycles. The van der Waals surface area contributed by atoms with Crippen molar-refractivity contribution in [3.63, 3.8) is 0 Å². The lowest BCUT2D eigenvalue weighted by Gasteiger charge is -2.49. The second-order valence-corrected chi connectivity index (χ2v) is 7.14. The summed E-state index contributed by atoms with van der Waals surface area (Å²) in [5.41, 5.74) is 1.90. The second kappa shape index (κ2) is 9.91. The van der Waals surface area contributed by atoms with Gasteiger partial charge in [0.05, 0.1) is 6.61 Å². The van der Waals surface area contributed by atoms with Gasteiger partial charge >= 0.3 is 0 Å². The SMILES string of the molecule is C#CCO[C@@H]1[C@@H](OCC#C)[C@H](c2ccccc2)O[C@@H]2CO[C@@H](c3ccccc3)O[C@@H]12. The summed E-state index contributed by atoms with van der Waals surface area (Å²) < 4.78 is 30.8. The molecule has 2 aliphatic rings. The zero-order valence-electron chi connectivity index (χ0n) is 16.6. The van der Waals surface area contributed by atoms with Crippen molar-refractivity contribution < 1.29 is 23.7 Å². The van der Waals surface area contributed by atoms with E-state index in [0.717, 1.165) is 11.1 Å². The van der Waals surface area contributed by atoms with Gasteiger partial charge < -0.3 is 23.7 Å². The molecule has 0 N–H and O–H groups in total. The van der Waals surface area contributed by atoms with E-state index >= 15 is 0 Å². The van der Waals surface area contributed by atoms with E-state index in [1.807, 2.05) is 60.7 Å². The molecule has 0 unspecified atom stereocenters. The third-order valence-electron chi connectivity index (χ3n) is 5.24. The molecule has 2 aromatic rings. The van der Waals surface area contributed by atoms with Crippen molar-refractivity contribution in [2.75, 3.05) is 19.8 Å². The average molecular weight is 404 g/mol. The monoisotopic (exact) mass is 404 g/mol.